The number of nitrogens with zero attached hydrogens (tertiary/aromatic N) is 2. The molecule has 0 unspecified atom stereocenters. The Balaban J connectivity index is 0.000000924. The van der Waals surface area contributed by atoms with E-state index in [1.807, 2.05) is 13.8 Å². The summed E-state index contributed by atoms with van der Waals surface area (Å²) in [6, 6.07) is 6.82. The fourth-order valence-electron chi connectivity index (χ4n) is 2.57. The first-order valence-electron chi connectivity index (χ1n) is 7.85. The Hall–Kier alpha value is -1.21. The van der Waals surface area contributed by atoms with Gasteiger partial charge in [-0.2, -0.15) is 4.31 Å². The molecule has 0 spiro atoms. The lowest BCUT2D eigenvalue weighted by molar-refractivity contribution is 0.432. The lowest BCUT2D eigenvalue weighted by Crippen LogP contribution is -2.34. The van der Waals surface area contributed by atoms with Gasteiger partial charge in [0.05, 0.1) is 4.90 Å². The zero-order chi connectivity index (χ0) is 16.9. The lowest BCUT2D eigenvalue weighted by atomic mass is 10.2. The van der Waals surface area contributed by atoms with Crippen molar-refractivity contribution in [2.45, 2.75) is 25.2 Å². The third-order valence-corrected chi connectivity index (χ3v) is 5.89. The van der Waals surface area contributed by atoms with Gasteiger partial charge in [-0.05, 0) is 25.1 Å². The van der Waals surface area contributed by atoms with E-state index in [0.717, 1.165) is 13.0 Å². The van der Waals surface area contributed by atoms with Crippen LogP contribution in [0.1, 0.15) is 20.3 Å². The van der Waals surface area contributed by atoms with Crippen molar-refractivity contribution in [1.82, 2.24) is 14.6 Å². The maximum absolute atomic E-state index is 12.9. The molecule has 7 heteroatoms. The Morgan fingerprint density at radius 1 is 1.13 bits per heavy atom. The smallest absolute Gasteiger partial charge is 0.243 e. The predicted octanol–water partition coefficient (Wildman–Crippen LogP) is 2.90. The zero-order valence-corrected chi connectivity index (χ0v) is 15.0. The Morgan fingerprint density at radius 3 is 2.70 bits per heavy atom. The standard InChI is InChI=1S/C14H16ClN3O2S.C2H6/c15-14-12-3-1-4-13(11(12)5-7-17-14)21(19,20)18-9-2-6-16-8-10-18;1-2/h1,3-5,7,16H,2,6,8-10H2;1-2H3. The highest BCUT2D eigenvalue weighted by molar-refractivity contribution is 7.89. The first kappa shape index (κ1) is 18.1. The molecule has 0 aliphatic carbocycles. The van der Waals surface area contributed by atoms with Crippen molar-refractivity contribution in [3.8, 4) is 0 Å². The van der Waals surface area contributed by atoms with Gasteiger partial charge in [0.1, 0.15) is 5.15 Å². The van der Waals surface area contributed by atoms with E-state index in [-0.39, 0.29) is 0 Å². The molecule has 1 aliphatic rings. The maximum atomic E-state index is 12.9. The SMILES string of the molecule is CC.O=S(=O)(c1cccc2c(Cl)nccc12)N1CCCNCC1. The molecule has 3 rings (SSSR count). The maximum Gasteiger partial charge on any atom is 0.243 e. The summed E-state index contributed by atoms with van der Waals surface area (Å²) in [5, 5.41) is 4.81. The first-order chi connectivity index (χ1) is 11.1. The number of pyridine rings is 1. The zero-order valence-electron chi connectivity index (χ0n) is 13.4. The molecule has 0 atom stereocenters. The molecule has 1 aliphatic heterocycles. The van der Waals surface area contributed by atoms with Gasteiger partial charge in [-0.25, -0.2) is 13.4 Å². The molecule has 0 amide bonds. The topological polar surface area (TPSA) is 62.3 Å². The van der Waals surface area contributed by atoms with E-state index < -0.39 is 10.0 Å². The van der Waals surface area contributed by atoms with Crippen LogP contribution in [0.5, 0.6) is 0 Å². The van der Waals surface area contributed by atoms with E-state index in [4.69, 9.17) is 11.6 Å². The summed E-state index contributed by atoms with van der Waals surface area (Å²) in [6.07, 6.45) is 2.35. The van der Waals surface area contributed by atoms with Crippen molar-refractivity contribution in [1.29, 1.82) is 0 Å². The monoisotopic (exact) mass is 355 g/mol. The lowest BCUT2D eigenvalue weighted by Gasteiger charge is -2.20. The van der Waals surface area contributed by atoms with Crippen LogP contribution in [0.15, 0.2) is 35.4 Å². The molecule has 5 nitrogen and oxygen atoms in total. The normalized spacial score (nSPS) is 16.5. The van der Waals surface area contributed by atoms with Crippen molar-refractivity contribution in [3.63, 3.8) is 0 Å². The molecular weight excluding hydrogens is 334 g/mol. The van der Waals surface area contributed by atoms with Crippen LogP contribution in [0.4, 0.5) is 0 Å². The van der Waals surface area contributed by atoms with Crippen LogP contribution in [0, 0.1) is 0 Å². The van der Waals surface area contributed by atoms with Crippen molar-refractivity contribution in [3.05, 3.63) is 35.6 Å². The number of benzene rings is 1. The summed E-state index contributed by atoms with van der Waals surface area (Å²) < 4.78 is 27.3. The van der Waals surface area contributed by atoms with Gasteiger partial charge in [-0.1, -0.05) is 37.6 Å². The third kappa shape index (κ3) is 3.83. The highest BCUT2D eigenvalue weighted by atomic mass is 35.5. The molecular formula is C16H22ClN3O2S. The number of halogens is 1. The van der Waals surface area contributed by atoms with E-state index in [0.29, 0.717) is 40.5 Å². The van der Waals surface area contributed by atoms with Crippen molar-refractivity contribution in [2.24, 2.45) is 0 Å². The predicted molar refractivity (Wildman–Crippen MR) is 94.3 cm³/mol. The Labute approximate surface area is 142 Å². The average molecular weight is 356 g/mol. The van der Waals surface area contributed by atoms with Crippen LogP contribution < -0.4 is 5.32 Å². The van der Waals surface area contributed by atoms with Gasteiger partial charge in [0.2, 0.25) is 10.0 Å². The van der Waals surface area contributed by atoms with Crippen molar-refractivity contribution in [2.75, 3.05) is 26.2 Å². The molecule has 0 saturated carbocycles. The minimum absolute atomic E-state index is 0.297. The summed E-state index contributed by atoms with van der Waals surface area (Å²) in [4.78, 5) is 4.30. The summed E-state index contributed by atoms with van der Waals surface area (Å²) >= 11 is 6.06. The van der Waals surface area contributed by atoms with Crippen molar-refractivity contribution < 1.29 is 8.42 Å². The van der Waals surface area contributed by atoms with E-state index in [2.05, 4.69) is 10.3 Å². The van der Waals surface area contributed by atoms with Crippen LogP contribution in [-0.2, 0) is 10.0 Å². The van der Waals surface area contributed by atoms with Gasteiger partial charge in [-0.3, -0.25) is 0 Å². The minimum atomic E-state index is -3.52. The molecule has 1 fully saturated rings. The van der Waals surface area contributed by atoms with Crippen LogP contribution in [-0.4, -0.2) is 43.9 Å². The highest BCUT2D eigenvalue weighted by Crippen LogP contribution is 2.29. The van der Waals surface area contributed by atoms with Crippen LogP contribution >= 0.6 is 11.6 Å². The first-order valence-corrected chi connectivity index (χ1v) is 9.66. The fraction of sp³-hybridized carbons (Fsp3) is 0.438. The molecule has 1 saturated heterocycles. The number of hydrogen-bond acceptors (Lipinski definition) is 4. The van der Waals surface area contributed by atoms with E-state index >= 15 is 0 Å². The number of fused-ring (bicyclic) bond motifs is 1. The molecule has 2 aromatic rings. The molecule has 0 radical (unpaired) electrons. The average Bonchev–Trinajstić information content (AvgIpc) is 2.86. The van der Waals surface area contributed by atoms with E-state index in [1.54, 1.807) is 24.3 Å². The highest BCUT2D eigenvalue weighted by Gasteiger charge is 2.26. The van der Waals surface area contributed by atoms with Crippen LogP contribution in [0.2, 0.25) is 5.15 Å². The number of hydrogen-bond donors (Lipinski definition) is 1. The third-order valence-electron chi connectivity index (χ3n) is 3.63. The molecule has 2 heterocycles. The summed E-state index contributed by atoms with van der Waals surface area (Å²) in [5.74, 6) is 0. The Morgan fingerprint density at radius 2 is 1.91 bits per heavy atom. The quantitative estimate of drug-likeness (QED) is 0.841. The number of sulfonamides is 1. The van der Waals surface area contributed by atoms with Gasteiger partial charge < -0.3 is 5.32 Å². The molecule has 1 N–H and O–H groups in total. The second-order valence-electron chi connectivity index (χ2n) is 4.96. The van der Waals surface area contributed by atoms with Crippen LogP contribution in [0.25, 0.3) is 10.8 Å². The Kier molecular flexibility index (Phi) is 6.35. The van der Waals surface area contributed by atoms with Gasteiger partial charge in [0.15, 0.2) is 0 Å². The van der Waals surface area contributed by atoms with Crippen LogP contribution in [0.3, 0.4) is 0 Å². The van der Waals surface area contributed by atoms with Gasteiger partial charge >= 0.3 is 0 Å². The summed E-state index contributed by atoms with van der Waals surface area (Å²) in [5.41, 5.74) is 0. The molecule has 1 aromatic heterocycles. The Bertz CT molecular complexity index is 757. The second kappa shape index (κ2) is 8.06. The van der Waals surface area contributed by atoms with Crippen molar-refractivity contribution >= 4 is 32.4 Å². The number of aromatic nitrogens is 1. The second-order valence-corrected chi connectivity index (χ2v) is 7.23. The number of nitrogens with one attached hydrogen (secondary N) is 1. The number of rotatable bonds is 2. The molecule has 1 aromatic carbocycles. The van der Waals surface area contributed by atoms with E-state index in [9.17, 15) is 8.42 Å². The molecule has 126 valence electrons. The van der Waals surface area contributed by atoms with Gasteiger partial charge in [0, 0.05) is 36.6 Å². The summed E-state index contributed by atoms with van der Waals surface area (Å²) in [7, 11) is -3.52. The largest absolute Gasteiger partial charge is 0.315 e. The summed E-state index contributed by atoms with van der Waals surface area (Å²) in [6.45, 7) is 6.53. The fourth-order valence-corrected chi connectivity index (χ4v) is 4.47. The van der Waals surface area contributed by atoms with Gasteiger partial charge in [-0.15, -0.1) is 0 Å². The molecule has 0 bridgehead atoms. The minimum Gasteiger partial charge on any atom is -0.315 e. The molecule has 23 heavy (non-hydrogen) atoms. The van der Waals surface area contributed by atoms with Gasteiger partial charge in [0.25, 0.3) is 0 Å². The van der Waals surface area contributed by atoms with E-state index in [1.165, 1.54) is 10.5 Å².